The van der Waals surface area contributed by atoms with E-state index in [9.17, 15) is 4.79 Å². The molecule has 0 aromatic carbocycles. The molecule has 1 saturated carbocycles. The topological polar surface area (TPSA) is 64.2 Å². The smallest absolute Gasteiger partial charge is 0.274 e. The fraction of sp³-hybridized carbons (Fsp3) is 0.714. The molecule has 0 aliphatic heterocycles. The molecule has 1 aliphatic carbocycles. The van der Waals surface area contributed by atoms with Crippen LogP contribution >= 0.6 is 0 Å². The van der Waals surface area contributed by atoms with Gasteiger partial charge in [-0.3, -0.25) is 9.48 Å². The standard InChI is InChI=1S/C14H24N4O/c1-5-18-13(12(15)10(4)16-18)14(19)17(8-9(2)3)11-6-7-11/h9,11H,5-8,15H2,1-4H3. The molecule has 2 rings (SSSR count). The van der Waals surface area contributed by atoms with Crippen LogP contribution in [0, 0.1) is 12.8 Å². The van der Waals surface area contributed by atoms with Crippen LogP contribution < -0.4 is 5.73 Å². The van der Waals surface area contributed by atoms with Crippen molar-refractivity contribution in [1.82, 2.24) is 14.7 Å². The SMILES string of the molecule is CCn1nc(C)c(N)c1C(=O)N(CC(C)C)C1CC1. The normalized spacial score (nSPS) is 15.0. The Labute approximate surface area is 114 Å². The molecule has 1 amide bonds. The minimum absolute atomic E-state index is 0.0381. The van der Waals surface area contributed by atoms with E-state index in [1.54, 1.807) is 4.68 Å². The molecule has 106 valence electrons. The van der Waals surface area contributed by atoms with Crippen LogP contribution in [-0.4, -0.2) is 33.2 Å². The van der Waals surface area contributed by atoms with E-state index in [4.69, 9.17) is 5.73 Å². The lowest BCUT2D eigenvalue weighted by molar-refractivity contribution is 0.0711. The Morgan fingerprint density at radius 1 is 1.53 bits per heavy atom. The van der Waals surface area contributed by atoms with Gasteiger partial charge in [-0.05, 0) is 32.6 Å². The van der Waals surface area contributed by atoms with Gasteiger partial charge in [0.05, 0.1) is 11.4 Å². The lowest BCUT2D eigenvalue weighted by Crippen LogP contribution is -2.37. The van der Waals surface area contributed by atoms with E-state index in [1.807, 2.05) is 18.7 Å². The van der Waals surface area contributed by atoms with Crippen molar-refractivity contribution in [2.45, 2.75) is 53.1 Å². The van der Waals surface area contributed by atoms with Gasteiger partial charge in [-0.2, -0.15) is 5.10 Å². The Morgan fingerprint density at radius 2 is 2.16 bits per heavy atom. The number of aromatic nitrogens is 2. The highest BCUT2D eigenvalue weighted by atomic mass is 16.2. The highest BCUT2D eigenvalue weighted by molar-refractivity contribution is 5.98. The van der Waals surface area contributed by atoms with Gasteiger partial charge in [0.1, 0.15) is 5.69 Å². The van der Waals surface area contributed by atoms with Gasteiger partial charge in [-0.25, -0.2) is 0 Å². The van der Waals surface area contributed by atoms with Crippen molar-refractivity contribution in [3.63, 3.8) is 0 Å². The molecule has 1 aromatic rings. The van der Waals surface area contributed by atoms with Crippen molar-refractivity contribution in [1.29, 1.82) is 0 Å². The Bertz CT molecular complexity index is 474. The van der Waals surface area contributed by atoms with Crippen molar-refractivity contribution in [2.75, 3.05) is 12.3 Å². The average Bonchev–Trinajstić information content (AvgIpc) is 3.14. The number of aryl methyl sites for hydroxylation is 2. The molecule has 0 spiro atoms. The lowest BCUT2D eigenvalue weighted by Gasteiger charge is -2.24. The van der Waals surface area contributed by atoms with Crippen LogP contribution in [0.25, 0.3) is 0 Å². The summed E-state index contributed by atoms with van der Waals surface area (Å²) in [6, 6.07) is 0.398. The minimum atomic E-state index is 0.0381. The Hall–Kier alpha value is -1.52. The maximum Gasteiger partial charge on any atom is 0.274 e. The Kier molecular flexibility index (Phi) is 3.83. The number of hydrogen-bond donors (Lipinski definition) is 1. The van der Waals surface area contributed by atoms with E-state index in [2.05, 4.69) is 18.9 Å². The first kappa shape index (κ1) is 13.9. The molecule has 5 heteroatoms. The second-order valence-electron chi connectivity index (χ2n) is 5.75. The summed E-state index contributed by atoms with van der Waals surface area (Å²) in [4.78, 5) is 14.7. The molecular weight excluding hydrogens is 240 g/mol. The van der Waals surface area contributed by atoms with Crippen LogP contribution in [0.15, 0.2) is 0 Å². The number of carbonyl (C=O) groups excluding carboxylic acids is 1. The highest BCUT2D eigenvalue weighted by Crippen LogP contribution is 2.30. The molecule has 1 heterocycles. The van der Waals surface area contributed by atoms with Gasteiger partial charge in [-0.1, -0.05) is 13.8 Å². The fourth-order valence-corrected chi connectivity index (χ4v) is 2.36. The maximum atomic E-state index is 12.8. The van der Waals surface area contributed by atoms with Crippen LogP contribution in [0.4, 0.5) is 5.69 Å². The maximum absolute atomic E-state index is 12.8. The Morgan fingerprint density at radius 3 is 2.63 bits per heavy atom. The minimum Gasteiger partial charge on any atom is -0.395 e. The number of hydrogen-bond acceptors (Lipinski definition) is 3. The van der Waals surface area contributed by atoms with Gasteiger partial charge in [0, 0.05) is 19.1 Å². The van der Waals surface area contributed by atoms with Gasteiger partial charge in [0.25, 0.3) is 5.91 Å². The molecule has 0 saturated heterocycles. The Balaban J connectivity index is 2.31. The van der Waals surface area contributed by atoms with Crippen LogP contribution in [-0.2, 0) is 6.54 Å². The third-order valence-corrected chi connectivity index (χ3v) is 3.49. The zero-order valence-electron chi connectivity index (χ0n) is 12.3. The fourth-order valence-electron chi connectivity index (χ4n) is 2.36. The van der Waals surface area contributed by atoms with Crippen LogP contribution in [0.1, 0.15) is 49.8 Å². The molecule has 2 N–H and O–H groups in total. The average molecular weight is 264 g/mol. The van der Waals surface area contributed by atoms with Crippen molar-refractivity contribution >= 4 is 11.6 Å². The zero-order valence-corrected chi connectivity index (χ0v) is 12.3. The third-order valence-electron chi connectivity index (χ3n) is 3.49. The number of rotatable bonds is 5. The van der Waals surface area contributed by atoms with E-state index in [0.717, 1.165) is 25.1 Å². The quantitative estimate of drug-likeness (QED) is 0.885. The second kappa shape index (κ2) is 5.23. The van der Waals surface area contributed by atoms with Gasteiger partial charge < -0.3 is 10.6 Å². The summed E-state index contributed by atoms with van der Waals surface area (Å²) in [6.45, 7) is 9.55. The molecule has 1 fully saturated rings. The van der Waals surface area contributed by atoms with Crippen LogP contribution in [0.5, 0.6) is 0 Å². The van der Waals surface area contributed by atoms with Gasteiger partial charge in [-0.15, -0.1) is 0 Å². The number of nitrogen functional groups attached to an aromatic ring is 1. The van der Waals surface area contributed by atoms with Crippen LogP contribution in [0.2, 0.25) is 0 Å². The molecule has 0 unspecified atom stereocenters. The summed E-state index contributed by atoms with van der Waals surface area (Å²) in [5.41, 5.74) is 7.87. The predicted molar refractivity (Wildman–Crippen MR) is 75.9 cm³/mol. The van der Waals surface area contributed by atoms with E-state index >= 15 is 0 Å². The van der Waals surface area contributed by atoms with E-state index < -0.39 is 0 Å². The number of nitrogens with zero attached hydrogens (tertiary/aromatic N) is 3. The zero-order chi connectivity index (χ0) is 14.2. The van der Waals surface area contributed by atoms with Gasteiger partial charge in [0.2, 0.25) is 0 Å². The molecule has 0 radical (unpaired) electrons. The highest BCUT2D eigenvalue weighted by Gasteiger charge is 2.35. The second-order valence-corrected chi connectivity index (χ2v) is 5.75. The van der Waals surface area contributed by atoms with Crippen molar-refractivity contribution in [2.24, 2.45) is 5.92 Å². The van der Waals surface area contributed by atoms with Crippen molar-refractivity contribution in [3.05, 3.63) is 11.4 Å². The number of anilines is 1. The molecule has 5 nitrogen and oxygen atoms in total. The lowest BCUT2D eigenvalue weighted by atomic mass is 10.2. The van der Waals surface area contributed by atoms with E-state index in [1.165, 1.54) is 0 Å². The largest absolute Gasteiger partial charge is 0.395 e. The van der Waals surface area contributed by atoms with Crippen LogP contribution in [0.3, 0.4) is 0 Å². The summed E-state index contributed by atoms with van der Waals surface area (Å²) >= 11 is 0. The summed E-state index contributed by atoms with van der Waals surface area (Å²) in [5.74, 6) is 0.501. The number of nitrogens with two attached hydrogens (primary N) is 1. The summed E-state index contributed by atoms with van der Waals surface area (Å²) in [7, 11) is 0. The molecule has 1 aliphatic rings. The summed E-state index contributed by atoms with van der Waals surface area (Å²) in [5, 5.41) is 4.34. The number of carbonyl (C=O) groups is 1. The summed E-state index contributed by atoms with van der Waals surface area (Å²) < 4.78 is 1.72. The first-order valence-corrected chi connectivity index (χ1v) is 7.09. The van der Waals surface area contributed by atoms with Gasteiger partial charge in [0.15, 0.2) is 0 Å². The van der Waals surface area contributed by atoms with Crippen molar-refractivity contribution in [3.8, 4) is 0 Å². The third kappa shape index (κ3) is 2.74. The number of amides is 1. The molecular formula is C14H24N4O. The summed E-state index contributed by atoms with van der Waals surface area (Å²) in [6.07, 6.45) is 2.22. The van der Waals surface area contributed by atoms with Crippen molar-refractivity contribution < 1.29 is 4.79 Å². The molecule has 0 bridgehead atoms. The molecule has 19 heavy (non-hydrogen) atoms. The van der Waals surface area contributed by atoms with E-state index in [-0.39, 0.29) is 5.91 Å². The molecule has 0 atom stereocenters. The first-order chi connectivity index (χ1) is 8.95. The predicted octanol–water partition coefficient (Wildman–Crippen LogP) is 2.05. The van der Waals surface area contributed by atoms with E-state index in [0.29, 0.717) is 29.9 Å². The van der Waals surface area contributed by atoms with Gasteiger partial charge >= 0.3 is 0 Å². The first-order valence-electron chi connectivity index (χ1n) is 7.09. The monoisotopic (exact) mass is 264 g/mol. The molecule has 1 aromatic heterocycles.